The highest BCUT2D eigenvalue weighted by Gasteiger charge is 2.13. The van der Waals surface area contributed by atoms with E-state index in [1.165, 1.54) is 0 Å². The summed E-state index contributed by atoms with van der Waals surface area (Å²) in [5.74, 6) is 0.640. The average molecular weight is 263 g/mol. The molecule has 2 aromatic carbocycles. The molecule has 0 aliphatic carbocycles. The zero-order valence-corrected chi connectivity index (χ0v) is 10.7. The molecule has 0 aliphatic heterocycles. The number of rotatable bonds is 5. The van der Waals surface area contributed by atoms with Crippen LogP contribution in [0.4, 0.5) is 0 Å². The van der Waals surface area contributed by atoms with Crippen molar-refractivity contribution in [2.45, 2.75) is 12.5 Å². The fourth-order valence-electron chi connectivity index (χ4n) is 1.77. The Bertz CT molecular complexity index is 485. The summed E-state index contributed by atoms with van der Waals surface area (Å²) in [4.78, 5) is 0. The standard InChI is InChI=1S/C15H15ClO2/c16-13-8-4-5-9-15(13)18-14(10-11-17)12-6-2-1-3-7-12/h1-9,14,17H,10-11H2/t14-/m1/s1. The van der Waals surface area contributed by atoms with Crippen molar-refractivity contribution in [2.75, 3.05) is 6.61 Å². The molecule has 2 nitrogen and oxygen atoms in total. The minimum atomic E-state index is -0.184. The normalized spacial score (nSPS) is 12.1. The summed E-state index contributed by atoms with van der Waals surface area (Å²) < 4.78 is 5.88. The number of aliphatic hydroxyl groups is 1. The van der Waals surface area contributed by atoms with Crippen LogP contribution >= 0.6 is 11.6 Å². The molecule has 0 heterocycles. The fourth-order valence-corrected chi connectivity index (χ4v) is 1.95. The van der Waals surface area contributed by atoms with E-state index in [9.17, 15) is 0 Å². The van der Waals surface area contributed by atoms with E-state index in [1.54, 1.807) is 6.07 Å². The zero-order valence-electron chi connectivity index (χ0n) is 9.92. The Balaban J connectivity index is 2.19. The van der Waals surface area contributed by atoms with Gasteiger partial charge in [-0.2, -0.15) is 0 Å². The largest absolute Gasteiger partial charge is 0.484 e. The monoisotopic (exact) mass is 262 g/mol. The van der Waals surface area contributed by atoms with Gasteiger partial charge in [0, 0.05) is 13.0 Å². The van der Waals surface area contributed by atoms with Gasteiger partial charge in [-0.1, -0.05) is 54.1 Å². The molecule has 18 heavy (non-hydrogen) atoms. The summed E-state index contributed by atoms with van der Waals surface area (Å²) in [6.45, 7) is 0.0734. The van der Waals surface area contributed by atoms with Crippen molar-refractivity contribution in [3.8, 4) is 5.75 Å². The first-order valence-electron chi connectivity index (χ1n) is 5.88. The number of halogens is 1. The van der Waals surface area contributed by atoms with Gasteiger partial charge in [0.05, 0.1) is 5.02 Å². The van der Waals surface area contributed by atoms with Crippen LogP contribution in [-0.2, 0) is 0 Å². The van der Waals surface area contributed by atoms with Gasteiger partial charge in [-0.15, -0.1) is 0 Å². The van der Waals surface area contributed by atoms with Gasteiger partial charge in [-0.3, -0.25) is 0 Å². The quantitative estimate of drug-likeness (QED) is 0.887. The fraction of sp³-hybridized carbons (Fsp3) is 0.200. The van der Waals surface area contributed by atoms with Crippen LogP contribution in [0.25, 0.3) is 0 Å². The second-order valence-corrected chi connectivity index (χ2v) is 4.37. The highest BCUT2D eigenvalue weighted by Crippen LogP contribution is 2.30. The minimum absolute atomic E-state index is 0.0734. The molecular weight excluding hydrogens is 248 g/mol. The molecule has 1 N–H and O–H groups in total. The molecule has 3 heteroatoms. The average Bonchev–Trinajstić information content (AvgIpc) is 2.42. The molecule has 0 unspecified atom stereocenters. The van der Waals surface area contributed by atoms with E-state index in [0.717, 1.165) is 5.56 Å². The molecule has 0 aliphatic rings. The van der Waals surface area contributed by atoms with E-state index >= 15 is 0 Å². The number of hydrogen-bond acceptors (Lipinski definition) is 2. The topological polar surface area (TPSA) is 29.5 Å². The molecule has 0 fully saturated rings. The summed E-state index contributed by atoms with van der Waals surface area (Å²) in [6, 6.07) is 17.2. The second kappa shape index (κ2) is 6.43. The van der Waals surface area contributed by atoms with Gasteiger partial charge in [0.15, 0.2) is 0 Å². The first-order chi connectivity index (χ1) is 8.81. The molecule has 0 saturated heterocycles. The maximum Gasteiger partial charge on any atom is 0.138 e. The van der Waals surface area contributed by atoms with Crippen LogP contribution in [0.5, 0.6) is 5.75 Å². The van der Waals surface area contributed by atoms with Crippen LogP contribution in [-0.4, -0.2) is 11.7 Å². The van der Waals surface area contributed by atoms with Crippen molar-refractivity contribution < 1.29 is 9.84 Å². The lowest BCUT2D eigenvalue weighted by Crippen LogP contribution is -2.09. The van der Waals surface area contributed by atoms with Gasteiger partial charge in [0.1, 0.15) is 11.9 Å². The van der Waals surface area contributed by atoms with Crippen molar-refractivity contribution in [3.63, 3.8) is 0 Å². The summed E-state index contributed by atoms with van der Waals surface area (Å²) in [7, 11) is 0. The lowest BCUT2D eigenvalue weighted by molar-refractivity contribution is 0.156. The lowest BCUT2D eigenvalue weighted by Gasteiger charge is -2.19. The Kier molecular flexibility index (Phi) is 4.62. The van der Waals surface area contributed by atoms with E-state index in [-0.39, 0.29) is 12.7 Å². The predicted molar refractivity (Wildman–Crippen MR) is 73.0 cm³/mol. The number of benzene rings is 2. The highest BCUT2D eigenvalue weighted by molar-refractivity contribution is 6.32. The van der Waals surface area contributed by atoms with Crippen LogP contribution < -0.4 is 4.74 Å². The Morgan fingerprint density at radius 3 is 2.33 bits per heavy atom. The van der Waals surface area contributed by atoms with E-state index < -0.39 is 0 Å². The molecule has 0 amide bonds. The van der Waals surface area contributed by atoms with Crippen molar-refractivity contribution in [1.29, 1.82) is 0 Å². The van der Waals surface area contributed by atoms with Crippen LogP contribution in [0.1, 0.15) is 18.1 Å². The molecule has 94 valence electrons. The Morgan fingerprint density at radius 1 is 1.00 bits per heavy atom. The number of hydrogen-bond donors (Lipinski definition) is 1. The Hall–Kier alpha value is -1.51. The summed E-state index contributed by atoms with van der Waals surface area (Å²) >= 11 is 6.07. The molecule has 0 saturated carbocycles. The molecule has 1 atom stereocenters. The Labute approximate surface area is 112 Å². The van der Waals surface area contributed by atoms with E-state index in [1.807, 2.05) is 48.5 Å². The van der Waals surface area contributed by atoms with Crippen LogP contribution in [0.3, 0.4) is 0 Å². The first kappa shape index (κ1) is 12.9. The van der Waals surface area contributed by atoms with E-state index in [4.69, 9.17) is 21.4 Å². The molecule has 2 aromatic rings. The third-order valence-electron chi connectivity index (χ3n) is 2.67. The van der Waals surface area contributed by atoms with Crippen molar-refractivity contribution >= 4 is 11.6 Å². The first-order valence-corrected chi connectivity index (χ1v) is 6.26. The van der Waals surface area contributed by atoms with Crippen LogP contribution in [0.2, 0.25) is 5.02 Å². The van der Waals surface area contributed by atoms with Gasteiger partial charge < -0.3 is 9.84 Å². The van der Waals surface area contributed by atoms with Crippen molar-refractivity contribution in [1.82, 2.24) is 0 Å². The molecule has 0 radical (unpaired) electrons. The summed E-state index contributed by atoms with van der Waals surface area (Å²) in [6.07, 6.45) is 0.353. The Morgan fingerprint density at radius 2 is 1.67 bits per heavy atom. The molecular formula is C15H15ClO2. The number of ether oxygens (including phenoxy) is 1. The van der Waals surface area contributed by atoms with Crippen LogP contribution in [0, 0.1) is 0 Å². The van der Waals surface area contributed by atoms with Gasteiger partial charge in [-0.25, -0.2) is 0 Å². The third kappa shape index (κ3) is 3.25. The zero-order chi connectivity index (χ0) is 12.8. The molecule has 2 rings (SSSR count). The van der Waals surface area contributed by atoms with Crippen LogP contribution in [0.15, 0.2) is 54.6 Å². The predicted octanol–water partition coefficient (Wildman–Crippen LogP) is 3.84. The van der Waals surface area contributed by atoms with Gasteiger partial charge in [0.25, 0.3) is 0 Å². The van der Waals surface area contributed by atoms with Gasteiger partial charge >= 0.3 is 0 Å². The maximum absolute atomic E-state index is 9.13. The molecule has 0 aromatic heterocycles. The summed E-state index contributed by atoms with van der Waals surface area (Å²) in [5, 5.41) is 9.71. The highest BCUT2D eigenvalue weighted by atomic mass is 35.5. The second-order valence-electron chi connectivity index (χ2n) is 3.96. The molecule has 0 spiro atoms. The van der Waals surface area contributed by atoms with Crippen molar-refractivity contribution in [3.05, 3.63) is 65.2 Å². The smallest absolute Gasteiger partial charge is 0.138 e. The van der Waals surface area contributed by atoms with E-state index in [2.05, 4.69) is 0 Å². The SMILES string of the molecule is OCC[C@@H](Oc1ccccc1Cl)c1ccccc1. The lowest BCUT2D eigenvalue weighted by atomic mass is 10.1. The maximum atomic E-state index is 9.13. The minimum Gasteiger partial charge on any atom is -0.484 e. The number of para-hydroxylation sites is 1. The number of aliphatic hydroxyl groups excluding tert-OH is 1. The van der Waals surface area contributed by atoms with Gasteiger partial charge in [0.2, 0.25) is 0 Å². The third-order valence-corrected chi connectivity index (χ3v) is 2.98. The van der Waals surface area contributed by atoms with Crippen molar-refractivity contribution in [2.24, 2.45) is 0 Å². The summed E-state index contributed by atoms with van der Waals surface area (Å²) in [5.41, 5.74) is 1.03. The molecule has 0 bridgehead atoms. The van der Waals surface area contributed by atoms with E-state index in [0.29, 0.717) is 17.2 Å². The van der Waals surface area contributed by atoms with Gasteiger partial charge in [-0.05, 0) is 17.7 Å².